The van der Waals surface area contributed by atoms with Gasteiger partial charge in [0.1, 0.15) is 5.82 Å². The molecule has 10 nitrogen and oxygen atoms in total. The summed E-state index contributed by atoms with van der Waals surface area (Å²) in [5.41, 5.74) is 1.97. The van der Waals surface area contributed by atoms with Crippen molar-refractivity contribution in [2.45, 2.75) is 30.9 Å². The highest BCUT2D eigenvalue weighted by atomic mass is 32.2. The Labute approximate surface area is 221 Å². The van der Waals surface area contributed by atoms with Crippen molar-refractivity contribution in [1.82, 2.24) is 10.2 Å². The molecule has 0 aliphatic carbocycles. The molecule has 38 heavy (non-hydrogen) atoms. The van der Waals surface area contributed by atoms with Crippen LogP contribution in [0.1, 0.15) is 19.4 Å². The van der Waals surface area contributed by atoms with E-state index in [1.807, 2.05) is 24.0 Å². The van der Waals surface area contributed by atoms with Gasteiger partial charge in [-0.3, -0.25) is 0 Å². The van der Waals surface area contributed by atoms with E-state index in [-0.39, 0.29) is 23.0 Å². The van der Waals surface area contributed by atoms with Crippen LogP contribution < -0.4 is 15.5 Å². The first-order valence-electron chi connectivity index (χ1n) is 12.3. The number of carbonyl (C=O) groups excluding carboxylic acids is 1. The smallest absolute Gasteiger partial charge is 0.319 e. The van der Waals surface area contributed by atoms with Gasteiger partial charge in [-0.2, -0.15) is 0 Å². The average molecular weight is 546 g/mol. The van der Waals surface area contributed by atoms with Crippen molar-refractivity contribution in [2.24, 2.45) is 4.99 Å². The minimum Gasteiger partial charge on any atom is -0.392 e. The number of guanidine groups is 1. The number of ether oxygens (including phenoxy) is 1. The van der Waals surface area contributed by atoms with Gasteiger partial charge in [-0.05, 0) is 62.4 Å². The van der Waals surface area contributed by atoms with Crippen LogP contribution in [0.15, 0.2) is 58.4 Å². The van der Waals surface area contributed by atoms with Gasteiger partial charge in [0.15, 0.2) is 9.84 Å². The van der Waals surface area contributed by atoms with E-state index in [1.54, 1.807) is 25.1 Å². The van der Waals surface area contributed by atoms with E-state index in [9.17, 15) is 22.7 Å². The summed E-state index contributed by atoms with van der Waals surface area (Å²) in [5, 5.41) is 14.6. The first-order valence-corrected chi connectivity index (χ1v) is 14.2. The largest absolute Gasteiger partial charge is 0.392 e. The van der Waals surface area contributed by atoms with E-state index in [0.717, 1.165) is 18.0 Å². The number of amides is 2. The number of sulfone groups is 1. The second-order valence-corrected chi connectivity index (χ2v) is 11.4. The molecule has 3 N–H and O–H groups in total. The summed E-state index contributed by atoms with van der Waals surface area (Å²) in [6.45, 7) is 5.68. The number of aliphatic hydroxyl groups is 1. The summed E-state index contributed by atoms with van der Waals surface area (Å²) in [4.78, 5) is 21.0. The number of benzene rings is 2. The number of nitrogens with one attached hydrogen (secondary N) is 2. The third-order valence-electron chi connectivity index (χ3n) is 6.17. The van der Waals surface area contributed by atoms with Crippen LogP contribution in [0.3, 0.4) is 0 Å². The second-order valence-electron chi connectivity index (χ2n) is 9.37. The van der Waals surface area contributed by atoms with Gasteiger partial charge in [-0.1, -0.05) is 0 Å². The summed E-state index contributed by atoms with van der Waals surface area (Å²) in [6.07, 6.45) is 2.21. The molecule has 2 aliphatic heterocycles. The Morgan fingerprint density at radius 2 is 2.00 bits per heavy atom. The highest BCUT2D eigenvalue weighted by Crippen LogP contribution is 2.31. The molecule has 0 radical (unpaired) electrons. The van der Waals surface area contributed by atoms with E-state index in [0.29, 0.717) is 43.6 Å². The Hall–Kier alpha value is -3.48. The summed E-state index contributed by atoms with van der Waals surface area (Å²) >= 11 is 0. The zero-order valence-electron chi connectivity index (χ0n) is 21.5. The number of hydrogen-bond donors (Lipinski definition) is 3. The van der Waals surface area contributed by atoms with Gasteiger partial charge in [-0.25, -0.2) is 22.6 Å². The van der Waals surface area contributed by atoms with E-state index in [1.165, 1.54) is 12.1 Å². The van der Waals surface area contributed by atoms with Crippen LogP contribution in [0.5, 0.6) is 0 Å². The zero-order chi connectivity index (χ0) is 27.4. The van der Waals surface area contributed by atoms with Crippen LogP contribution in [0, 0.1) is 5.82 Å². The summed E-state index contributed by atoms with van der Waals surface area (Å²) in [6, 6.07) is 10.4. The van der Waals surface area contributed by atoms with E-state index < -0.39 is 27.8 Å². The van der Waals surface area contributed by atoms with Crippen LogP contribution in [0.2, 0.25) is 0 Å². The first kappa shape index (κ1) is 27.6. The van der Waals surface area contributed by atoms with E-state index in [4.69, 9.17) is 9.73 Å². The van der Waals surface area contributed by atoms with Gasteiger partial charge in [0, 0.05) is 42.8 Å². The number of nitrogens with zero attached hydrogens (tertiary/aromatic N) is 3. The molecule has 0 spiro atoms. The molecule has 1 fully saturated rings. The molecule has 0 unspecified atom stereocenters. The molecule has 2 aromatic rings. The number of hydrogen-bond acceptors (Lipinski definition) is 8. The van der Waals surface area contributed by atoms with Crippen molar-refractivity contribution in [1.29, 1.82) is 0 Å². The van der Waals surface area contributed by atoms with Gasteiger partial charge >= 0.3 is 6.03 Å². The maximum absolute atomic E-state index is 14.2. The number of rotatable bonds is 6. The normalized spacial score (nSPS) is 18.9. The first-order chi connectivity index (χ1) is 18.0. The van der Waals surface area contributed by atoms with Crippen LogP contribution in [-0.4, -0.2) is 81.7 Å². The quantitative estimate of drug-likeness (QED) is 0.477. The van der Waals surface area contributed by atoms with Crippen molar-refractivity contribution in [3.05, 3.63) is 59.9 Å². The number of aliphatic imine (C=N–C) groups is 1. The fourth-order valence-electron chi connectivity index (χ4n) is 4.27. The molecule has 2 aromatic carbocycles. The summed E-state index contributed by atoms with van der Waals surface area (Å²) in [7, 11) is -3.62. The van der Waals surface area contributed by atoms with Crippen molar-refractivity contribution >= 4 is 38.9 Å². The molecule has 0 bridgehead atoms. The molecule has 0 aromatic heterocycles. The fraction of sp³-hybridized carbons (Fsp3) is 0.385. The molecule has 1 saturated heterocycles. The fourth-order valence-corrected chi connectivity index (χ4v) is 5.15. The van der Waals surface area contributed by atoms with Gasteiger partial charge in [0.25, 0.3) is 0 Å². The third kappa shape index (κ3) is 6.50. The van der Waals surface area contributed by atoms with Crippen LogP contribution in [0.25, 0.3) is 5.70 Å². The Morgan fingerprint density at radius 3 is 2.66 bits per heavy atom. The number of carbonyl (C=O) groups is 1. The van der Waals surface area contributed by atoms with Crippen LogP contribution in [0.4, 0.5) is 20.6 Å². The number of halogens is 1. The molecule has 2 atom stereocenters. The number of anilines is 2. The number of aliphatic hydroxyl groups excluding tert-OH is 1. The van der Waals surface area contributed by atoms with Gasteiger partial charge in [0.05, 0.1) is 36.0 Å². The van der Waals surface area contributed by atoms with Gasteiger partial charge < -0.3 is 30.3 Å². The molecule has 2 amide bonds. The third-order valence-corrected chi connectivity index (χ3v) is 7.32. The standard InChI is InChI=1S/C26H32FN5O5S/c1-17-16-37-13-12-31(17)26-30-23(22-14-19(27)4-9-24(22)38(3,35)36)10-11-32(26)21-7-5-20(6-8-21)29-25(34)28-15-18(2)33/h4-10,14,17-18,33H,11-13,15-16H2,1-3H3,(H2,28,29,34)/t17-,18-/m0/s1. The molecule has 204 valence electrons. The highest BCUT2D eigenvalue weighted by Gasteiger charge is 2.30. The molecular weight excluding hydrogens is 513 g/mol. The Balaban J connectivity index is 1.66. The lowest BCUT2D eigenvalue weighted by atomic mass is 10.1. The lowest BCUT2D eigenvalue weighted by molar-refractivity contribution is 0.0324. The van der Waals surface area contributed by atoms with Gasteiger partial charge in [-0.15, -0.1) is 0 Å². The lowest BCUT2D eigenvalue weighted by Crippen LogP contribution is -2.54. The molecule has 0 saturated carbocycles. The van der Waals surface area contributed by atoms with Crippen molar-refractivity contribution in [3.63, 3.8) is 0 Å². The van der Waals surface area contributed by atoms with Crippen molar-refractivity contribution in [2.75, 3.05) is 49.3 Å². The molecular formula is C26H32FN5O5S. The minimum atomic E-state index is -3.62. The topological polar surface area (TPSA) is 124 Å². The van der Waals surface area contributed by atoms with Gasteiger partial charge in [0.2, 0.25) is 5.96 Å². The van der Waals surface area contributed by atoms with E-state index >= 15 is 0 Å². The number of morpholine rings is 1. The average Bonchev–Trinajstić information content (AvgIpc) is 2.87. The molecule has 2 heterocycles. The maximum Gasteiger partial charge on any atom is 0.319 e. The lowest BCUT2D eigenvalue weighted by Gasteiger charge is -2.41. The molecule has 12 heteroatoms. The SMILES string of the molecule is C[C@H](O)CNC(=O)Nc1ccc(N2CC=C(c3cc(F)ccc3S(C)(=O)=O)N=C2N2CCOC[C@@H]2C)cc1. The molecule has 2 aliphatic rings. The minimum absolute atomic E-state index is 0.00444. The summed E-state index contributed by atoms with van der Waals surface area (Å²) in [5.74, 6) is 0.0465. The highest BCUT2D eigenvalue weighted by molar-refractivity contribution is 7.90. The predicted octanol–water partition coefficient (Wildman–Crippen LogP) is 2.67. The van der Waals surface area contributed by atoms with E-state index in [2.05, 4.69) is 15.5 Å². The van der Waals surface area contributed by atoms with Crippen molar-refractivity contribution < 1.29 is 27.4 Å². The zero-order valence-corrected chi connectivity index (χ0v) is 22.3. The Bertz CT molecular complexity index is 1340. The number of urea groups is 1. The second kappa shape index (κ2) is 11.5. The molecule has 4 rings (SSSR count). The Morgan fingerprint density at radius 1 is 1.26 bits per heavy atom. The Kier molecular flexibility index (Phi) is 8.34. The van der Waals surface area contributed by atoms with Crippen LogP contribution in [-0.2, 0) is 14.6 Å². The van der Waals surface area contributed by atoms with Crippen molar-refractivity contribution in [3.8, 4) is 0 Å². The predicted molar refractivity (Wildman–Crippen MR) is 144 cm³/mol. The monoisotopic (exact) mass is 545 g/mol. The maximum atomic E-state index is 14.2. The van der Waals surface area contributed by atoms with Crippen LogP contribution >= 0.6 is 0 Å². The summed E-state index contributed by atoms with van der Waals surface area (Å²) < 4.78 is 44.7.